The lowest BCUT2D eigenvalue weighted by molar-refractivity contribution is -0.121. The molecule has 208 valence electrons. The molecule has 2 aromatic rings. The van der Waals surface area contributed by atoms with Gasteiger partial charge in [-0.2, -0.15) is 0 Å². The summed E-state index contributed by atoms with van der Waals surface area (Å²) < 4.78 is 6.09. The van der Waals surface area contributed by atoms with Crippen LogP contribution in [-0.4, -0.2) is 42.5 Å². The predicted octanol–water partition coefficient (Wildman–Crippen LogP) is 7.35. The van der Waals surface area contributed by atoms with Crippen LogP contribution in [0.2, 0.25) is 5.02 Å². The van der Waals surface area contributed by atoms with Crippen molar-refractivity contribution in [2.24, 2.45) is 0 Å². The summed E-state index contributed by atoms with van der Waals surface area (Å²) in [6, 6.07) is 15.6. The first kappa shape index (κ1) is 30.2. The quantitative estimate of drug-likeness (QED) is 0.213. The van der Waals surface area contributed by atoms with Crippen molar-refractivity contribution in [3.05, 3.63) is 70.2 Å². The first-order valence-electron chi connectivity index (χ1n) is 14.6. The molecule has 1 N–H and O–H groups in total. The number of hydrogen-bond donors (Lipinski definition) is 1. The molecule has 0 unspecified atom stereocenters. The highest BCUT2D eigenvalue weighted by Crippen LogP contribution is 2.26. The number of unbranched alkanes of at least 4 members (excludes halogenated alkanes) is 8. The molecule has 6 heteroatoms. The lowest BCUT2D eigenvalue weighted by atomic mass is 9.93. The zero-order valence-electron chi connectivity index (χ0n) is 23.1. The van der Waals surface area contributed by atoms with Crippen molar-refractivity contribution >= 4 is 23.4 Å². The molecule has 0 spiro atoms. The van der Waals surface area contributed by atoms with Crippen LogP contribution < -0.4 is 5.32 Å². The van der Waals surface area contributed by atoms with E-state index in [0.29, 0.717) is 30.2 Å². The molecule has 38 heavy (non-hydrogen) atoms. The number of halogens is 1. The second-order valence-electron chi connectivity index (χ2n) is 10.4. The molecule has 0 saturated carbocycles. The van der Waals surface area contributed by atoms with Crippen molar-refractivity contribution in [3.63, 3.8) is 0 Å². The van der Waals surface area contributed by atoms with Crippen LogP contribution in [0.4, 0.5) is 0 Å². The van der Waals surface area contributed by atoms with E-state index in [1.807, 2.05) is 23.1 Å². The van der Waals surface area contributed by atoms with Gasteiger partial charge in [0.05, 0.1) is 12.6 Å². The summed E-state index contributed by atoms with van der Waals surface area (Å²) in [5, 5.41) is 3.56. The average molecular weight is 541 g/mol. The molecule has 2 aromatic carbocycles. The lowest BCUT2D eigenvalue weighted by Crippen LogP contribution is -2.46. The second-order valence-corrected chi connectivity index (χ2v) is 10.9. The maximum absolute atomic E-state index is 13.4. The van der Waals surface area contributed by atoms with Gasteiger partial charge in [-0.1, -0.05) is 93.8 Å². The van der Waals surface area contributed by atoms with Crippen LogP contribution in [-0.2, 0) is 22.5 Å². The highest BCUT2D eigenvalue weighted by Gasteiger charge is 2.30. The third kappa shape index (κ3) is 10.4. The van der Waals surface area contributed by atoms with Crippen LogP contribution in [0, 0.1) is 0 Å². The number of benzene rings is 2. The van der Waals surface area contributed by atoms with E-state index in [2.05, 4.69) is 30.4 Å². The van der Waals surface area contributed by atoms with Gasteiger partial charge in [0.2, 0.25) is 5.91 Å². The van der Waals surface area contributed by atoms with E-state index in [0.717, 1.165) is 51.7 Å². The largest absolute Gasteiger partial charge is 0.379 e. The highest BCUT2D eigenvalue weighted by atomic mass is 35.5. The Balaban J connectivity index is 1.30. The minimum atomic E-state index is 0.00715. The Labute approximate surface area is 234 Å². The minimum absolute atomic E-state index is 0.00715. The molecule has 1 aliphatic heterocycles. The second kappa shape index (κ2) is 17.3. The fourth-order valence-corrected chi connectivity index (χ4v) is 5.21. The van der Waals surface area contributed by atoms with E-state index in [-0.39, 0.29) is 17.9 Å². The van der Waals surface area contributed by atoms with Gasteiger partial charge in [0, 0.05) is 36.7 Å². The van der Waals surface area contributed by atoms with E-state index in [1.165, 1.54) is 43.2 Å². The Morgan fingerprint density at radius 1 is 0.921 bits per heavy atom. The van der Waals surface area contributed by atoms with Gasteiger partial charge < -0.3 is 15.0 Å². The Kier molecular flexibility index (Phi) is 13.7. The van der Waals surface area contributed by atoms with Gasteiger partial charge in [0.1, 0.15) is 0 Å². The van der Waals surface area contributed by atoms with E-state index >= 15 is 0 Å². The molecule has 0 fully saturated rings. The topological polar surface area (TPSA) is 58.6 Å². The van der Waals surface area contributed by atoms with Crippen molar-refractivity contribution in [2.75, 3.05) is 19.8 Å². The van der Waals surface area contributed by atoms with Gasteiger partial charge in [0.15, 0.2) is 0 Å². The van der Waals surface area contributed by atoms with Crippen LogP contribution in [0.25, 0.3) is 0 Å². The van der Waals surface area contributed by atoms with Gasteiger partial charge in [-0.3, -0.25) is 9.59 Å². The fourth-order valence-electron chi connectivity index (χ4n) is 5.02. The Morgan fingerprint density at radius 3 is 2.37 bits per heavy atom. The molecule has 0 aromatic heterocycles. The molecule has 0 bridgehead atoms. The predicted molar refractivity (Wildman–Crippen MR) is 156 cm³/mol. The first-order chi connectivity index (χ1) is 18.6. The van der Waals surface area contributed by atoms with Gasteiger partial charge in [-0.05, 0) is 55.0 Å². The number of amides is 2. The molecule has 5 nitrogen and oxygen atoms in total. The monoisotopic (exact) mass is 540 g/mol. The minimum Gasteiger partial charge on any atom is -0.379 e. The normalized spacial score (nSPS) is 14.8. The SMILES string of the molecule is CCCCNC(=O)CCCCCCCCCCOC[C@@H]1Cc2ccccc2CN1C(=O)c1cccc(Cl)c1. The molecular formula is C32H45ClN2O3. The maximum atomic E-state index is 13.4. The summed E-state index contributed by atoms with van der Waals surface area (Å²) in [5.41, 5.74) is 3.12. The van der Waals surface area contributed by atoms with E-state index in [4.69, 9.17) is 16.3 Å². The third-order valence-corrected chi connectivity index (χ3v) is 7.53. The fraction of sp³-hybridized carbons (Fsp3) is 0.562. The standard InChI is InChI=1S/C32H45ClN2O3/c1-2-3-20-34-31(36)19-10-8-6-4-5-7-9-13-21-38-25-30-23-26-15-11-12-16-28(26)24-35(30)32(37)27-17-14-18-29(33)22-27/h11-12,14-18,22,30H,2-10,13,19-21,23-25H2,1H3,(H,34,36)/t30-/m0/s1. The lowest BCUT2D eigenvalue weighted by Gasteiger charge is -2.37. The zero-order chi connectivity index (χ0) is 27.0. The van der Waals surface area contributed by atoms with Gasteiger partial charge in [0.25, 0.3) is 5.91 Å². The number of fused-ring (bicyclic) bond motifs is 1. The number of carbonyl (C=O) groups is 2. The number of ether oxygens (including phenoxy) is 1. The molecule has 3 rings (SSSR count). The molecule has 0 radical (unpaired) electrons. The smallest absolute Gasteiger partial charge is 0.254 e. The van der Waals surface area contributed by atoms with Gasteiger partial charge >= 0.3 is 0 Å². The van der Waals surface area contributed by atoms with Crippen molar-refractivity contribution in [3.8, 4) is 0 Å². The maximum Gasteiger partial charge on any atom is 0.254 e. The number of nitrogens with one attached hydrogen (secondary N) is 1. The van der Waals surface area contributed by atoms with E-state index < -0.39 is 0 Å². The number of nitrogens with zero attached hydrogens (tertiary/aromatic N) is 1. The number of hydrogen-bond acceptors (Lipinski definition) is 3. The van der Waals surface area contributed by atoms with Gasteiger partial charge in [-0.25, -0.2) is 0 Å². The number of rotatable bonds is 17. The van der Waals surface area contributed by atoms with E-state index in [1.54, 1.807) is 12.1 Å². The summed E-state index contributed by atoms with van der Waals surface area (Å²) in [5.74, 6) is 0.209. The molecule has 1 atom stereocenters. The van der Waals surface area contributed by atoms with Crippen molar-refractivity contribution in [2.45, 2.75) is 96.6 Å². The summed E-state index contributed by atoms with van der Waals surface area (Å²) in [6.45, 7) is 4.82. The average Bonchev–Trinajstić information content (AvgIpc) is 2.93. The third-order valence-electron chi connectivity index (χ3n) is 7.29. The van der Waals surface area contributed by atoms with Crippen LogP contribution in [0.5, 0.6) is 0 Å². The van der Waals surface area contributed by atoms with Crippen molar-refractivity contribution in [1.29, 1.82) is 0 Å². The molecule has 1 heterocycles. The highest BCUT2D eigenvalue weighted by molar-refractivity contribution is 6.30. The molecule has 0 saturated heterocycles. The Bertz CT molecular complexity index is 996. The Morgan fingerprint density at radius 2 is 1.63 bits per heavy atom. The van der Waals surface area contributed by atoms with Crippen LogP contribution >= 0.6 is 11.6 Å². The van der Waals surface area contributed by atoms with Crippen LogP contribution in [0.15, 0.2) is 48.5 Å². The van der Waals surface area contributed by atoms with Crippen molar-refractivity contribution < 1.29 is 14.3 Å². The van der Waals surface area contributed by atoms with E-state index in [9.17, 15) is 9.59 Å². The summed E-state index contributed by atoms with van der Waals surface area (Å²) in [6.07, 6.45) is 12.9. The first-order valence-corrected chi connectivity index (χ1v) is 14.9. The zero-order valence-corrected chi connectivity index (χ0v) is 23.8. The van der Waals surface area contributed by atoms with Crippen molar-refractivity contribution in [1.82, 2.24) is 10.2 Å². The molecular weight excluding hydrogens is 496 g/mol. The molecule has 0 aliphatic carbocycles. The molecule has 2 amide bonds. The number of carbonyl (C=O) groups excluding carboxylic acids is 2. The molecule has 1 aliphatic rings. The summed E-state index contributed by atoms with van der Waals surface area (Å²) in [4.78, 5) is 27.0. The Hall–Kier alpha value is -2.37. The summed E-state index contributed by atoms with van der Waals surface area (Å²) in [7, 11) is 0. The van der Waals surface area contributed by atoms with Gasteiger partial charge in [-0.15, -0.1) is 0 Å². The summed E-state index contributed by atoms with van der Waals surface area (Å²) >= 11 is 6.15. The van der Waals surface area contributed by atoms with Crippen LogP contribution in [0.3, 0.4) is 0 Å². The van der Waals surface area contributed by atoms with Crippen LogP contribution in [0.1, 0.15) is 99.0 Å².